The lowest BCUT2D eigenvalue weighted by atomic mass is 10.0. The Morgan fingerprint density at radius 3 is 1.64 bits per heavy atom. The summed E-state index contributed by atoms with van der Waals surface area (Å²) in [7, 11) is 0. The minimum absolute atomic E-state index is 0.0379. The molecule has 0 amide bonds. The highest BCUT2D eigenvalue weighted by Gasteiger charge is 2.03. The summed E-state index contributed by atoms with van der Waals surface area (Å²) in [6.07, 6.45) is 16.2. The van der Waals surface area contributed by atoms with Gasteiger partial charge in [-0.1, -0.05) is 71.1 Å². The Balaban J connectivity index is 0. The molecule has 134 valence electrons. The van der Waals surface area contributed by atoms with Gasteiger partial charge in [-0.15, -0.1) is 0 Å². The van der Waals surface area contributed by atoms with Crippen LogP contribution < -0.4 is 0 Å². The third kappa shape index (κ3) is 28.0. The van der Waals surface area contributed by atoms with Gasteiger partial charge in [0.25, 0.3) is 5.97 Å². The summed E-state index contributed by atoms with van der Waals surface area (Å²) in [4.78, 5) is 9.00. The number of unbranched alkanes of at least 4 members (excludes halogenated alkanes) is 9. The summed E-state index contributed by atoms with van der Waals surface area (Å²) < 4.78 is 0. The van der Waals surface area contributed by atoms with E-state index in [-0.39, 0.29) is 6.10 Å². The molecule has 1 atom stereocenters. The van der Waals surface area contributed by atoms with Crippen LogP contribution in [0, 0.1) is 0 Å². The van der Waals surface area contributed by atoms with E-state index in [1.165, 1.54) is 70.6 Å². The van der Waals surface area contributed by atoms with Crippen LogP contribution in [0.1, 0.15) is 97.3 Å². The molecule has 0 fully saturated rings. The van der Waals surface area contributed by atoms with Crippen molar-refractivity contribution < 1.29 is 15.0 Å². The average Bonchev–Trinajstić information content (AvgIpc) is 2.45. The molecular formula is C18H38O3S. The van der Waals surface area contributed by atoms with Crippen molar-refractivity contribution in [3.8, 4) is 0 Å². The molecule has 4 heteroatoms. The number of hydrogen-bond acceptors (Lipinski definition) is 3. The molecule has 0 aliphatic carbocycles. The standard InChI is InChI=1S/C16H34OS.C2H4O2/c1-2-3-4-7-10-13-16(17)14-11-8-5-6-9-12-15-18;1-2(3)4/h16-18H,2-15H2,1H3;1H3,(H,3,4). The van der Waals surface area contributed by atoms with E-state index in [9.17, 15) is 5.11 Å². The van der Waals surface area contributed by atoms with Crippen molar-refractivity contribution in [2.24, 2.45) is 0 Å². The number of carboxylic acids is 1. The smallest absolute Gasteiger partial charge is 0.300 e. The Bertz CT molecular complexity index is 218. The van der Waals surface area contributed by atoms with Gasteiger partial charge in [0.05, 0.1) is 6.10 Å². The zero-order chi connectivity index (χ0) is 17.1. The van der Waals surface area contributed by atoms with Gasteiger partial charge in [0.15, 0.2) is 0 Å². The van der Waals surface area contributed by atoms with Crippen LogP contribution in [0.3, 0.4) is 0 Å². The number of aliphatic carboxylic acids is 1. The molecule has 0 aromatic carbocycles. The van der Waals surface area contributed by atoms with Crippen LogP contribution in [0.2, 0.25) is 0 Å². The number of hydrogen-bond donors (Lipinski definition) is 3. The second kappa shape index (κ2) is 20.8. The number of thiol groups is 1. The van der Waals surface area contributed by atoms with Crippen LogP contribution in [-0.4, -0.2) is 28.0 Å². The molecule has 0 saturated heterocycles. The number of rotatable bonds is 14. The Hall–Kier alpha value is -0.220. The van der Waals surface area contributed by atoms with Crippen LogP contribution in [0.25, 0.3) is 0 Å². The second-order valence-electron chi connectivity index (χ2n) is 6.01. The summed E-state index contributed by atoms with van der Waals surface area (Å²) in [6, 6.07) is 0. The van der Waals surface area contributed by atoms with Crippen LogP contribution >= 0.6 is 12.6 Å². The van der Waals surface area contributed by atoms with Crippen LogP contribution in [0.5, 0.6) is 0 Å². The summed E-state index contributed by atoms with van der Waals surface area (Å²) >= 11 is 4.21. The lowest BCUT2D eigenvalue weighted by molar-refractivity contribution is -0.134. The van der Waals surface area contributed by atoms with Gasteiger partial charge in [0, 0.05) is 6.92 Å². The fourth-order valence-electron chi connectivity index (χ4n) is 2.33. The monoisotopic (exact) mass is 334 g/mol. The van der Waals surface area contributed by atoms with E-state index in [2.05, 4.69) is 19.6 Å². The molecule has 3 nitrogen and oxygen atoms in total. The van der Waals surface area contributed by atoms with Gasteiger partial charge < -0.3 is 10.2 Å². The van der Waals surface area contributed by atoms with E-state index in [1.807, 2.05) is 0 Å². The molecule has 0 rings (SSSR count). The molecule has 0 aliphatic heterocycles. The normalized spacial score (nSPS) is 11.6. The highest BCUT2D eigenvalue weighted by molar-refractivity contribution is 7.80. The van der Waals surface area contributed by atoms with E-state index >= 15 is 0 Å². The quantitative estimate of drug-likeness (QED) is 0.292. The maximum atomic E-state index is 9.84. The number of carboxylic acid groups (broad SMARTS) is 1. The second-order valence-corrected chi connectivity index (χ2v) is 6.46. The van der Waals surface area contributed by atoms with Crippen molar-refractivity contribution >= 4 is 18.6 Å². The summed E-state index contributed by atoms with van der Waals surface area (Å²) in [5.41, 5.74) is 0. The van der Waals surface area contributed by atoms with Gasteiger partial charge in [0.2, 0.25) is 0 Å². The summed E-state index contributed by atoms with van der Waals surface area (Å²) in [6.45, 7) is 3.32. The van der Waals surface area contributed by atoms with Crippen molar-refractivity contribution in [1.82, 2.24) is 0 Å². The predicted molar refractivity (Wildman–Crippen MR) is 98.9 cm³/mol. The third-order valence-electron chi connectivity index (χ3n) is 3.59. The van der Waals surface area contributed by atoms with E-state index < -0.39 is 5.97 Å². The average molecular weight is 335 g/mol. The number of aliphatic hydroxyl groups is 1. The Morgan fingerprint density at radius 2 is 1.23 bits per heavy atom. The number of aliphatic hydroxyl groups excluding tert-OH is 1. The largest absolute Gasteiger partial charge is 0.481 e. The topological polar surface area (TPSA) is 57.5 Å². The Labute approximate surface area is 143 Å². The lowest BCUT2D eigenvalue weighted by Gasteiger charge is -2.10. The molecule has 0 radical (unpaired) electrons. The Morgan fingerprint density at radius 1 is 0.864 bits per heavy atom. The van der Waals surface area contributed by atoms with E-state index in [0.717, 1.165) is 25.5 Å². The zero-order valence-electron chi connectivity index (χ0n) is 14.7. The molecule has 2 N–H and O–H groups in total. The van der Waals surface area contributed by atoms with Crippen molar-refractivity contribution in [2.45, 2.75) is 103 Å². The maximum absolute atomic E-state index is 9.84. The van der Waals surface area contributed by atoms with Gasteiger partial charge in [-0.05, 0) is 25.0 Å². The highest BCUT2D eigenvalue weighted by Crippen LogP contribution is 2.13. The molecule has 0 heterocycles. The van der Waals surface area contributed by atoms with Crippen molar-refractivity contribution in [1.29, 1.82) is 0 Å². The maximum Gasteiger partial charge on any atom is 0.300 e. The fourth-order valence-corrected chi connectivity index (χ4v) is 2.55. The molecule has 0 saturated carbocycles. The molecule has 1 unspecified atom stereocenters. The molecule has 0 aromatic heterocycles. The predicted octanol–water partition coefficient (Wildman–Crippen LogP) is 5.46. The molecule has 0 bridgehead atoms. The first-order valence-electron chi connectivity index (χ1n) is 9.03. The fraction of sp³-hybridized carbons (Fsp3) is 0.944. The van der Waals surface area contributed by atoms with Crippen LogP contribution in [0.15, 0.2) is 0 Å². The first-order chi connectivity index (χ1) is 10.5. The van der Waals surface area contributed by atoms with Gasteiger partial charge in [-0.25, -0.2) is 0 Å². The van der Waals surface area contributed by atoms with E-state index in [1.54, 1.807) is 0 Å². The lowest BCUT2D eigenvalue weighted by Crippen LogP contribution is -2.05. The van der Waals surface area contributed by atoms with E-state index in [4.69, 9.17) is 9.90 Å². The van der Waals surface area contributed by atoms with Crippen LogP contribution in [0.4, 0.5) is 0 Å². The van der Waals surface area contributed by atoms with Gasteiger partial charge >= 0.3 is 0 Å². The molecular weight excluding hydrogens is 296 g/mol. The highest BCUT2D eigenvalue weighted by atomic mass is 32.1. The van der Waals surface area contributed by atoms with Gasteiger partial charge in [0.1, 0.15) is 0 Å². The molecule has 22 heavy (non-hydrogen) atoms. The van der Waals surface area contributed by atoms with Crippen molar-refractivity contribution in [3.63, 3.8) is 0 Å². The van der Waals surface area contributed by atoms with Crippen molar-refractivity contribution in [2.75, 3.05) is 5.75 Å². The summed E-state index contributed by atoms with van der Waals surface area (Å²) in [5, 5.41) is 17.3. The first-order valence-corrected chi connectivity index (χ1v) is 9.66. The summed E-state index contributed by atoms with van der Waals surface area (Å²) in [5.74, 6) is 0.191. The Kier molecular flexibility index (Phi) is 22.7. The molecule has 0 aliphatic rings. The SMILES string of the molecule is CC(=O)O.CCCCCCCC(O)CCCCCCCCS. The van der Waals surface area contributed by atoms with E-state index in [0.29, 0.717) is 0 Å². The third-order valence-corrected chi connectivity index (χ3v) is 3.90. The minimum Gasteiger partial charge on any atom is -0.481 e. The van der Waals surface area contributed by atoms with Crippen molar-refractivity contribution in [3.05, 3.63) is 0 Å². The zero-order valence-corrected chi connectivity index (χ0v) is 15.6. The molecule has 0 aromatic rings. The van der Waals surface area contributed by atoms with Gasteiger partial charge in [-0.2, -0.15) is 12.6 Å². The minimum atomic E-state index is -0.833. The van der Waals surface area contributed by atoms with Crippen LogP contribution in [-0.2, 0) is 4.79 Å². The number of carbonyl (C=O) groups is 1. The molecule has 0 spiro atoms. The van der Waals surface area contributed by atoms with Gasteiger partial charge in [-0.3, -0.25) is 4.79 Å². The first kappa shape index (κ1) is 24.0.